The summed E-state index contributed by atoms with van der Waals surface area (Å²) in [4.78, 5) is 37.5. The molecule has 1 N–H and O–H groups in total. The van der Waals surface area contributed by atoms with E-state index in [9.17, 15) is 19.7 Å². The second-order valence-corrected chi connectivity index (χ2v) is 6.08. The van der Waals surface area contributed by atoms with E-state index in [1.165, 1.54) is 18.2 Å². The highest BCUT2D eigenvalue weighted by atomic mass is 16.6. The second-order valence-electron chi connectivity index (χ2n) is 6.08. The number of hydrogen-bond donors (Lipinski definition) is 1. The van der Waals surface area contributed by atoms with Crippen LogP contribution in [0.1, 0.15) is 30.1 Å². The summed E-state index contributed by atoms with van der Waals surface area (Å²) in [6, 6.07) is 4.32. The van der Waals surface area contributed by atoms with Gasteiger partial charge in [0.15, 0.2) is 0 Å². The molecule has 8 nitrogen and oxygen atoms in total. The Labute approximate surface area is 139 Å². The number of nitro groups is 1. The molecule has 1 amide bonds. The van der Waals surface area contributed by atoms with Crippen LogP contribution in [-0.2, 0) is 4.79 Å². The van der Waals surface area contributed by atoms with Gasteiger partial charge >= 0.3 is 5.97 Å². The van der Waals surface area contributed by atoms with Crippen LogP contribution in [0.4, 0.5) is 11.4 Å². The number of nitrogens with zero attached hydrogens (tertiary/aromatic N) is 3. The highest BCUT2D eigenvalue weighted by Gasteiger charge is 2.27. The van der Waals surface area contributed by atoms with E-state index in [2.05, 4.69) is 0 Å². The third-order valence-corrected chi connectivity index (χ3v) is 4.21. The number of carboxylic acids is 1. The zero-order chi connectivity index (χ0) is 17.9. The van der Waals surface area contributed by atoms with Crippen LogP contribution in [0.15, 0.2) is 18.2 Å². The van der Waals surface area contributed by atoms with Gasteiger partial charge in [-0.05, 0) is 25.0 Å². The van der Waals surface area contributed by atoms with Crippen LogP contribution in [0, 0.1) is 16.0 Å². The van der Waals surface area contributed by atoms with Crippen molar-refractivity contribution in [3.8, 4) is 0 Å². The quantitative estimate of drug-likeness (QED) is 0.630. The molecule has 24 heavy (non-hydrogen) atoms. The van der Waals surface area contributed by atoms with Crippen molar-refractivity contribution < 1.29 is 19.6 Å². The molecule has 1 atom stereocenters. The third-order valence-electron chi connectivity index (χ3n) is 4.21. The Bertz CT molecular complexity index is 655. The number of benzene rings is 1. The summed E-state index contributed by atoms with van der Waals surface area (Å²) >= 11 is 0. The molecule has 1 aliphatic heterocycles. The largest absolute Gasteiger partial charge is 0.481 e. The minimum absolute atomic E-state index is 0.0502. The molecule has 130 valence electrons. The Balaban J connectivity index is 2.31. The predicted octanol–water partition coefficient (Wildman–Crippen LogP) is 1.99. The second kappa shape index (κ2) is 7.29. The average molecular weight is 335 g/mol. The summed E-state index contributed by atoms with van der Waals surface area (Å²) < 4.78 is 0. The molecule has 8 heteroatoms. The van der Waals surface area contributed by atoms with E-state index < -0.39 is 16.8 Å². The summed E-state index contributed by atoms with van der Waals surface area (Å²) in [6.45, 7) is 3.03. The van der Waals surface area contributed by atoms with E-state index in [1.54, 1.807) is 23.8 Å². The average Bonchev–Trinajstić information content (AvgIpc) is 3.07. The lowest BCUT2D eigenvalue weighted by atomic mass is 10.1. The van der Waals surface area contributed by atoms with Crippen LogP contribution in [0.5, 0.6) is 0 Å². The van der Waals surface area contributed by atoms with Gasteiger partial charge in [-0.25, -0.2) is 0 Å². The predicted molar refractivity (Wildman–Crippen MR) is 88.3 cm³/mol. The Morgan fingerprint density at radius 3 is 2.54 bits per heavy atom. The summed E-state index contributed by atoms with van der Waals surface area (Å²) in [5, 5.41) is 20.2. The number of anilines is 1. The van der Waals surface area contributed by atoms with Crippen molar-refractivity contribution in [2.75, 3.05) is 31.6 Å². The maximum absolute atomic E-state index is 12.6. The number of nitro benzene ring substituents is 1. The molecule has 0 aromatic heterocycles. The van der Waals surface area contributed by atoms with Crippen molar-refractivity contribution in [1.82, 2.24) is 4.90 Å². The summed E-state index contributed by atoms with van der Waals surface area (Å²) in [6.07, 6.45) is 1.80. The van der Waals surface area contributed by atoms with Crippen LogP contribution in [0.2, 0.25) is 0 Å². The molecule has 1 saturated heterocycles. The molecule has 1 unspecified atom stereocenters. The van der Waals surface area contributed by atoms with Crippen molar-refractivity contribution in [2.45, 2.75) is 19.8 Å². The van der Waals surface area contributed by atoms with Gasteiger partial charge in [-0.1, -0.05) is 6.92 Å². The summed E-state index contributed by atoms with van der Waals surface area (Å²) in [7, 11) is 1.70. The van der Waals surface area contributed by atoms with E-state index in [0.717, 1.165) is 12.8 Å². The molecule has 2 rings (SSSR count). The zero-order valence-electron chi connectivity index (χ0n) is 13.8. The smallest absolute Gasteiger partial charge is 0.308 e. The number of rotatable bonds is 6. The lowest BCUT2D eigenvalue weighted by molar-refractivity contribution is -0.385. The van der Waals surface area contributed by atoms with Crippen LogP contribution >= 0.6 is 0 Å². The Morgan fingerprint density at radius 1 is 1.38 bits per heavy atom. The molecule has 0 radical (unpaired) electrons. The Hall–Kier alpha value is -2.64. The van der Waals surface area contributed by atoms with Gasteiger partial charge in [0.1, 0.15) is 5.56 Å². The van der Waals surface area contributed by atoms with Crippen molar-refractivity contribution in [3.05, 3.63) is 33.9 Å². The maximum atomic E-state index is 12.6. The van der Waals surface area contributed by atoms with Crippen LogP contribution < -0.4 is 4.90 Å². The Morgan fingerprint density at radius 2 is 2.00 bits per heavy atom. The SMILES string of the molecule is CC(CN(C)c1ccc([N+](=O)[O-])c(C(=O)N2CCCC2)c1)C(=O)O. The van der Waals surface area contributed by atoms with Crippen LogP contribution in [0.25, 0.3) is 0 Å². The standard InChI is InChI=1S/C16H21N3O5/c1-11(16(21)22)10-17(2)12-5-6-14(19(23)24)13(9-12)15(20)18-7-3-4-8-18/h5-6,9,11H,3-4,7-8,10H2,1-2H3,(H,21,22). The highest BCUT2D eigenvalue weighted by molar-refractivity contribution is 5.99. The molecule has 0 bridgehead atoms. The number of likely N-dealkylation sites (tertiary alicyclic amines) is 1. The fourth-order valence-electron chi connectivity index (χ4n) is 2.78. The first-order chi connectivity index (χ1) is 11.3. The normalized spacial score (nSPS) is 15.2. The molecule has 1 aromatic rings. The molecular formula is C16H21N3O5. The van der Waals surface area contributed by atoms with E-state index in [0.29, 0.717) is 18.8 Å². The Kier molecular flexibility index (Phi) is 5.38. The van der Waals surface area contributed by atoms with E-state index in [-0.39, 0.29) is 23.7 Å². The van der Waals surface area contributed by atoms with Crippen LogP contribution in [0.3, 0.4) is 0 Å². The zero-order valence-corrected chi connectivity index (χ0v) is 13.8. The lowest BCUT2D eigenvalue weighted by Gasteiger charge is -2.23. The van der Waals surface area contributed by atoms with E-state index >= 15 is 0 Å². The highest BCUT2D eigenvalue weighted by Crippen LogP contribution is 2.27. The first-order valence-corrected chi connectivity index (χ1v) is 7.83. The first-order valence-electron chi connectivity index (χ1n) is 7.83. The molecule has 0 aliphatic carbocycles. The number of hydrogen-bond acceptors (Lipinski definition) is 5. The molecule has 1 fully saturated rings. The monoisotopic (exact) mass is 335 g/mol. The molecular weight excluding hydrogens is 314 g/mol. The van der Waals surface area contributed by atoms with Gasteiger partial charge in [0.25, 0.3) is 11.6 Å². The first kappa shape index (κ1) is 17.7. The van der Waals surface area contributed by atoms with E-state index in [4.69, 9.17) is 5.11 Å². The molecule has 1 aromatic carbocycles. The molecule has 0 saturated carbocycles. The topological polar surface area (TPSA) is 104 Å². The minimum atomic E-state index is -0.919. The maximum Gasteiger partial charge on any atom is 0.308 e. The number of carboxylic acid groups (broad SMARTS) is 1. The van der Waals surface area contributed by atoms with Crippen molar-refractivity contribution in [1.29, 1.82) is 0 Å². The van der Waals surface area contributed by atoms with Gasteiger partial charge in [0.2, 0.25) is 0 Å². The fraction of sp³-hybridized carbons (Fsp3) is 0.500. The van der Waals surface area contributed by atoms with Gasteiger partial charge < -0.3 is 14.9 Å². The molecule has 1 aliphatic rings. The number of carbonyl (C=O) groups excluding carboxylic acids is 1. The molecule has 1 heterocycles. The molecule has 0 spiro atoms. The van der Waals surface area contributed by atoms with Crippen molar-refractivity contribution in [2.24, 2.45) is 5.92 Å². The lowest BCUT2D eigenvalue weighted by Crippen LogP contribution is -2.30. The summed E-state index contributed by atoms with van der Waals surface area (Å²) in [5.74, 6) is -1.86. The van der Waals surface area contributed by atoms with Gasteiger partial charge in [-0.3, -0.25) is 19.7 Å². The van der Waals surface area contributed by atoms with Crippen molar-refractivity contribution in [3.63, 3.8) is 0 Å². The van der Waals surface area contributed by atoms with Gasteiger partial charge in [-0.15, -0.1) is 0 Å². The van der Waals surface area contributed by atoms with Gasteiger partial charge in [0, 0.05) is 38.4 Å². The number of carbonyl (C=O) groups is 2. The van der Waals surface area contributed by atoms with Crippen molar-refractivity contribution >= 4 is 23.3 Å². The minimum Gasteiger partial charge on any atom is -0.481 e. The van der Waals surface area contributed by atoms with Gasteiger partial charge in [0.05, 0.1) is 10.8 Å². The van der Waals surface area contributed by atoms with Crippen LogP contribution in [-0.4, -0.2) is 53.5 Å². The fourth-order valence-corrected chi connectivity index (χ4v) is 2.78. The summed E-state index contributed by atoms with van der Waals surface area (Å²) in [5.41, 5.74) is 0.404. The number of amides is 1. The number of aliphatic carboxylic acids is 1. The van der Waals surface area contributed by atoms with E-state index in [1.807, 2.05) is 0 Å². The third kappa shape index (κ3) is 3.81. The van der Waals surface area contributed by atoms with Gasteiger partial charge in [-0.2, -0.15) is 0 Å².